The highest BCUT2D eigenvalue weighted by atomic mass is 19.1. The molecule has 0 saturated carbocycles. The fourth-order valence-electron chi connectivity index (χ4n) is 4.28. The van der Waals surface area contributed by atoms with Crippen molar-refractivity contribution in [3.63, 3.8) is 0 Å². The number of carbonyl (C=O) groups excluding carboxylic acids is 2. The van der Waals surface area contributed by atoms with Crippen molar-refractivity contribution < 1.29 is 18.7 Å². The molecule has 0 fully saturated rings. The highest BCUT2D eigenvalue weighted by molar-refractivity contribution is 5.89. The summed E-state index contributed by atoms with van der Waals surface area (Å²) in [5, 5.41) is 3.05. The molecule has 1 heterocycles. The predicted octanol–water partition coefficient (Wildman–Crippen LogP) is 4.94. The second-order valence-electron chi connectivity index (χ2n) is 8.79. The van der Waals surface area contributed by atoms with Gasteiger partial charge in [-0.1, -0.05) is 54.6 Å². The molecule has 1 unspecified atom stereocenters. The first-order valence-electron chi connectivity index (χ1n) is 12.3. The summed E-state index contributed by atoms with van der Waals surface area (Å²) in [6.07, 6.45) is 0.484. The number of carbonyl (C=O) groups is 2. The molecule has 0 radical (unpaired) electrons. The molecule has 38 heavy (non-hydrogen) atoms. The first kappa shape index (κ1) is 26.5. The zero-order valence-electron chi connectivity index (χ0n) is 21.3. The van der Waals surface area contributed by atoms with E-state index < -0.39 is 23.9 Å². The number of para-hydroxylation sites is 2. The molecule has 0 spiro atoms. The van der Waals surface area contributed by atoms with Crippen LogP contribution in [0.3, 0.4) is 0 Å². The first-order valence-corrected chi connectivity index (χ1v) is 12.3. The summed E-state index contributed by atoms with van der Waals surface area (Å²) in [6, 6.07) is 21.3. The number of hydrogen-bond acceptors (Lipinski definition) is 5. The average Bonchev–Trinajstić information content (AvgIpc) is 2.94. The number of amides is 2. The maximum Gasteiger partial charge on any atom is 0.322 e. The third kappa shape index (κ3) is 6.05. The third-order valence-electron chi connectivity index (χ3n) is 6.36. The molecule has 0 bridgehead atoms. The molecule has 4 rings (SSSR count). The maximum absolute atomic E-state index is 14.4. The number of benzene rings is 3. The standard InChI is InChI=1S/C29H29FN4O4/c1-20(27-31-24-14-8-6-12-22(24)28(36)34(27)19-17-26(35)38-2)33(18-16-21-10-4-3-5-11-21)29(37)32-25-15-9-7-13-23(25)30/h3-15,20H,16-19H2,1-2H3,(H,32,37). The van der Waals surface area contributed by atoms with Crippen LogP contribution in [-0.2, 0) is 22.5 Å². The smallest absolute Gasteiger partial charge is 0.322 e. The molecule has 0 saturated heterocycles. The highest BCUT2D eigenvalue weighted by Gasteiger charge is 2.27. The Morgan fingerprint density at radius 1 is 1.03 bits per heavy atom. The van der Waals surface area contributed by atoms with Crippen molar-refractivity contribution >= 4 is 28.6 Å². The van der Waals surface area contributed by atoms with Crippen molar-refractivity contribution in [2.24, 2.45) is 0 Å². The molecule has 0 aliphatic rings. The lowest BCUT2D eigenvalue weighted by atomic mass is 10.1. The van der Waals surface area contributed by atoms with Gasteiger partial charge in [0.2, 0.25) is 0 Å². The van der Waals surface area contributed by atoms with E-state index in [0.29, 0.717) is 23.1 Å². The van der Waals surface area contributed by atoms with Gasteiger partial charge in [-0.3, -0.25) is 14.2 Å². The Balaban J connectivity index is 1.74. The molecular weight excluding hydrogens is 487 g/mol. The molecule has 3 aromatic carbocycles. The molecule has 2 amide bonds. The zero-order chi connectivity index (χ0) is 27.1. The minimum atomic E-state index is -0.694. The molecule has 4 aromatic rings. The van der Waals surface area contributed by atoms with Gasteiger partial charge in [-0.25, -0.2) is 14.2 Å². The number of methoxy groups -OCH3 is 1. The van der Waals surface area contributed by atoms with Crippen LogP contribution in [0.2, 0.25) is 0 Å². The second-order valence-corrected chi connectivity index (χ2v) is 8.79. The van der Waals surface area contributed by atoms with Crippen LogP contribution in [0.1, 0.15) is 30.8 Å². The van der Waals surface area contributed by atoms with E-state index in [4.69, 9.17) is 9.72 Å². The van der Waals surface area contributed by atoms with Crippen molar-refractivity contribution in [2.45, 2.75) is 32.4 Å². The average molecular weight is 517 g/mol. The molecule has 8 nitrogen and oxygen atoms in total. The number of nitrogens with zero attached hydrogens (tertiary/aromatic N) is 3. The van der Waals surface area contributed by atoms with E-state index in [9.17, 15) is 18.8 Å². The minimum absolute atomic E-state index is 0.0322. The van der Waals surface area contributed by atoms with Crippen molar-refractivity contribution in [3.8, 4) is 0 Å². The number of halogens is 1. The Bertz CT molecular complexity index is 1490. The van der Waals surface area contributed by atoms with Crippen LogP contribution < -0.4 is 10.9 Å². The van der Waals surface area contributed by atoms with E-state index in [-0.39, 0.29) is 30.8 Å². The topological polar surface area (TPSA) is 93.5 Å². The normalized spacial score (nSPS) is 11.7. The fraction of sp³-hybridized carbons (Fsp3) is 0.241. The lowest BCUT2D eigenvalue weighted by Crippen LogP contribution is -2.41. The van der Waals surface area contributed by atoms with Crippen LogP contribution in [0, 0.1) is 5.82 Å². The molecule has 1 atom stereocenters. The van der Waals surface area contributed by atoms with E-state index in [1.54, 1.807) is 43.3 Å². The molecule has 9 heteroatoms. The van der Waals surface area contributed by atoms with Crippen LogP contribution in [-0.4, -0.2) is 40.1 Å². The van der Waals surface area contributed by atoms with Gasteiger partial charge in [-0.2, -0.15) is 0 Å². The summed E-state index contributed by atoms with van der Waals surface area (Å²) in [7, 11) is 1.28. The number of anilines is 1. The van der Waals surface area contributed by atoms with Gasteiger partial charge in [-0.05, 0) is 43.2 Å². The van der Waals surface area contributed by atoms with Gasteiger partial charge in [0, 0.05) is 13.1 Å². The first-order chi connectivity index (χ1) is 18.4. The summed E-state index contributed by atoms with van der Waals surface area (Å²) < 4.78 is 20.5. The van der Waals surface area contributed by atoms with Gasteiger partial charge in [0.15, 0.2) is 0 Å². The van der Waals surface area contributed by atoms with Gasteiger partial charge in [0.05, 0.1) is 36.2 Å². The molecule has 1 N–H and O–H groups in total. The number of nitrogens with one attached hydrogen (secondary N) is 1. The monoisotopic (exact) mass is 516 g/mol. The van der Waals surface area contributed by atoms with Gasteiger partial charge in [0.25, 0.3) is 5.56 Å². The Morgan fingerprint density at radius 2 is 1.71 bits per heavy atom. The number of aromatic nitrogens is 2. The molecule has 196 valence electrons. The lowest BCUT2D eigenvalue weighted by Gasteiger charge is -2.31. The van der Waals surface area contributed by atoms with Crippen LogP contribution in [0.4, 0.5) is 14.9 Å². The van der Waals surface area contributed by atoms with E-state index in [2.05, 4.69) is 5.32 Å². The predicted molar refractivity (Wildman–Crippen MR) is 143 cm³/mol. The summed E-state index contributed by atoms with van der Waals surface area (Å²) in [5.41, 5.74) is 1.21. The number of fused-ring (bicyclic) bond motifs is 1. The molecular formula is C29H29FN4O4. The largest absolute Gasteiger partial charge is 0.469 e. The fourth-order valence-corrected chi connectivity index (χ4v) is 4.28. The highest BCUT2D eigenvalue weighted by Crippen LogP contribution is 2.23. The Morgan fingerprint density at radius 3 is 2.45 bits per heavy atom. The zero-order valence-corrected chi connectivity index (χ0v) is 21.3. The number of hydrogen-bond donors (Lipinski definition) is 1. The van der Waals surface area contributed by atoms with Gasteiger partial charge in [0.1, 0.15) is 11.6 Å². The Labute approximate surface area is 219 Å². The van der Waals surface area contributed by atoms with Crippen LogP contribution in [0.25, 0.3) is 10.9 Å². The molecule has 0 aliphatic carbocycles. The van der Waals surface area contributed by atoms with E-state index in [1.165, 1.54) is 28.7 Å². The SMILES string of the molecule is COC(=O)CCn1c(C(C)N(CCc2ccccc2)C(=O)Nc2ccccc2F)nc2ccccc2c1=O. The van der Waals surface area contributed by atoms with Crippen LogP contribution in [0.5, 0.6) is 0 Å². The van der Waals surface area contributed by atoms with E-state index >= 15 is 0 Å². The second kappa shape index (κ2) is 12.1. The number of ether oxygens (including phenoxy) is 1. The molecule has 1 aromatic heterocycles. The summed E-state index contributed by atoms with van der Waals surface area (Å²) >= 11 is 0. The van der Waals surface area contributed by atoms with E-state index in [0.717, 1.165) is 5.56 Å². The number of rotatable bonds is 9. The summed E-state index contributed by atoms with van der Waals surface area (Å²) in [5.74, 6) is -0.716. The number of urea groups is 1. The Hall–Kier alpha value is -4.53. The Kier molecular flexibility index (Phi) is 8.47. The maximum atomic E-state index is 14.4. The van der Waals surface area contributed by atoms with Crippen molar-refractivity contribution in [2.75, 3.05) is 19.0 Å². The third-order valence-corrected chi connectivity index (χ3v) is 6.36. The van der Waals surface area contributed by atoms with Crippen LogP contribution in [0.15, 0.2) is 83.7 Å². The van der Waals surface area contributed by atoms with Crippen molar-refractivity contribution in [1.82, 2.24) is 14.5 Å². The van der Waals surface area contributed by atoms with E-state index in [1.807, 2.05) is 30.3 Å². The van der Waals surface area contributed by atoms with Gasteiger partial charge in [-0.15, -0.1) is 0 Å². The van der Waals surface area contributed by atoms with Crippen molar-refractivity contribution in [3.05, 3.63) is 106 Å². The quantitative estimate of drug-likeness (QED) is 0.318. The van der Waals surface area contributed by atoms with Gasteiger partial charge < -0.3 is 15.0 Å². The lowest BCUT2D eigenvalue weighted by molar-refractivity contribution is -0.140. The number of esters is 1. The minimum Gasteiger partial charge on any atom is -0.469 e. The van der Waals surface area contributed by atoms with Crippen LogP contribution >= 0.6 is 0 Å². The van der Waals surface area contributed by atoms with Gasteiger partial charge >= 0.3 is 12.0 Å². The van der Waals surface area contributed by atoms with Crippen molar-refractivity contribution in [1.29, 1.82) is 0 Å². The molecule has 0 aliphatic heterocycles. The summed E-state index contributed by atoms with van der Waals surface area (Å²) in [6.45, 7) is 2.06. The summed E-state index contributed by atoms with van der Waals surface area (Å²) in [4.78, 5) is 45.2.